The Morgan fingerprint density at radius 1 is 1.41 bits per heavy atom. The average Bonchev–Trinajstić information content (AvgIpc) is 2.75. The van der Waals surface area contributed by atoms with Crippen molar-refractivity contribution in [2.24, 2.45) is 22.7 Å². The molecule has 1 N–H and O–H groups in total. The fourth-order valence-electron chi connectivity index (χ4n) is 4.88. The van der Waals surface area contributed by atoms with E-state index in [1.165, 1.54) is 12.8 Å². The third kappa shape index (κ3) is 2.70. The minimum Gasteiger partial charge on any atom is -0.380 e. The highest BCUT2D eigenvalue weighted by Crippen LogP contribution is 2.68. The zero-order valence-corrected chi connectivity index (χ0v) is 16.0. The molecule has 3 nitrogen and oxygen atoms in total. The molecular weight excluding hydrogens is 292 g/mol. The second-order valence-corrected chi connectivity index (χ2v) is 9.65. The molecule has 2 saturated carbocycles. The number of nitrogens with one attached hydrogen (secondary N) is 1. The molecule has 2 bridgehead atoms. The molecule has 0 aromatic rings. The van der Waals surface area contributed by atoms with E-state index >= 15 is 0 Å². The second-order valence-electron chi connectivity index (χ2n) is 8.67. The fourth-order valence-corrected chi connectivity index (χ4v) is 6.58. The average molecular weight is 325 g/mol. The summed E-state index contributed by atoms with van der Waals surface area (Å²) in [5.41, 5.74) is 0.0744. The maximum absolute atomic E-state index is 9.56. The first kappa shape index (κ1) is 18.1. The van der Waals surface area contributed by atoms with E-state index in [0.717, 1.165) is 6.42 Å². The van der Waals surface area contributed by atoms with Crippen molar-refractivity contribution in [1.82, 2.24) is 4.72 Å². The molecular formula is C18H32N2OS. The van der Waals surface area contributed by atoms with Crippen LogP contribution in [0.5, 0.6) is 0 Å². The highest BCUT2D eigenvalue weighted by atomic mass is 32.2. The number of nitrogens with zero attached hydrogens (tertiary/aromatic N) is 1. The van der Waals surface area contributed by atoms with Gasteiger partial charge in [-0.3, -0.25) is 0 Å². The Morgan fingerprint density at radius 3 is 2.55 bits per heavy atom. The van der Waals surface area contributed by atoms with E-state index < -0.39 is 5.54 Å². The first-order chi connectivity index (χ1) is 10.1. The lowest BCUT2D eigenvalue weighted by Crippen LogP contribution is -2.44. The number of nitriles is 1. The molecule has 5 atom stereocenters. The molecule has 2 aliphatic rings. The Balaban J connectivity index is 2.12. The second kappa shape index (κ2) is 6.00. The zero-order chi connectivity index (χ0) is 16.8. The van der Waals surface area contributed by atoms with E-state index in [2.05, 4.69) is 45.4 Å². The van der Waals surface area contributed by atoms with Gasteiger partial charge in [0.15, 0.2) is 0 Å². The third-order valence-electron chi connectivity index (χ3n) is 6.43. The molecule has 2 fully saturated rings. The Morgan fingerprint density at radius 2 is 2.05 bits per heavy atom. The normalized spacial score (nSPS) is 39.0. The van der Waals surface area contributed by atoms with Crippen molar-refractivity contribution in [3.63, 3.8) is 0 Å². The maximum Gasteiger partial charge on any atom is 0.112 e. The van der Waals surface area contributed by atoms with Crippen molar-refractivity contribution < 1.29 is 4.74 Å². The largest absolute Gasteiger partial charge is 0.380 e. The Labute approximate surface area is 140 Å². The number of ether oxygens (including phenoxy) is 1. The number of methoxy groups -OCH3 is 1. The summed E-state index contributed by atoms with van der Waals surface area (Å²) in [6.07, 6.45) is 3.66. The van der Waals surface area contributed by atoms with Crippen LogP contribution < -0.4 is 4.72 Å². The molecule has 4 heteroatoms. The summed E-state index contributed by atoms with van der Waals surface area (Å²) in [7, 11) is 1.85. The number of hydrogen-bond acceptors (Lipinski definition) is 4. The van der Waals surface area contributed by atoms with Gasteiger partial charge in [0.05, 0.1) is 12.2 Å². The minimum atomic E-state index is -0.468. The topological polar surface area (TPSA) is 45.0 Å². The lowest BCUT2D eigenvalue weighted by molar-refractivity contribution is -0.0177. The highest BCUT2D eigenvalue weighted by molar-refractivity contribution is 7.98. The molecule has 2 rings (SSSR count). The quantitative estimate of drug-likeness (QED) is 0.736. The van der Waals surface area contributed by atoms with E-state index in [4.69, 9.17) is 4.74 Å². The van der Waals surface area contributed by atoms with Crippen LogP contribution in [-0.2, 0) is 4.74 Å². The Bertz CT molecular complexity index is 458. The van der Waals surface area contributed by atoms with Crippen LogP contribution in [0.4, 0.5) is 0 Å². The van der Waals surface area contributed by atoms with Crippen molar-refractivity contribution in [2.45, 2.75) is 77.7 Å². The van der Waals surface area contributed by atoms with Crippen LogP contribution in [0.1, 0.15) is 60.8 Å². The molecule has 0 amide bonds. The summed E-state index contributed by atoms with van der Waals surface area (Å²) in [6.45, 7) is 13.5. The van der Waals surface area contributed by atoms with Crippen molar-refractivity contribution in [3.8, 4) is 6.07 Å². The van der Waals surface area contributed by atoms with Crippen LogP contribution in [0.15, 0.2) is 0 Å². The van der Waals surface area contributed by atoms with E-state index in [1.54, 1.807) is 11.9 Å². The van der Waals surface area contributed by atoms with Crippen molar-refractivity contribution in [3.05, 3.63) is 0 Å². The molecule has 22 heavy (non-hydrogen) atoms. The van der Waals surface area contributed by atoms with Gasteiger partial charge in [-0.05, 0) is 43.4 Å². The van der Waals surface area contributed by atoms with Gasteiger partial charge in [0, 0.05) is 17.8 Å². The van der Waals surface area contributed by atoms with Gasteiger partial charge in [-0.2, -0.15) is 5.26 Å². The molecule has 0 saturated heterocycles. The van der Waals surface area contributed by atoms with Gasteiger partial charge in [0.25, 0.3) is 0 Å². The summed E-state index contributed by atoms with van der Waals surface area (Å²) in [4.78, 5) is 0. The van der Waals surface area contributed by atoms with E-state index in [0.29, 0.717) is 22.5 Å². The van der Waals surface area contributed by atoms with Gasteiger partial charge >= 0.3 is 0 Å². The molecule has 2 aliphatic carbocycles. The molecule has 0 radical (unpaired) electrons. The SMILES string of the molecule is COC1C(SNC(C)(C#N)CC(C)C)[C@H]2CC[C@]1(C)C2(C)C. The van der Waals surface area contributed by atoms with Crippen LogP contribution in [0.3, 0.4) is 0 Å². The van der Waals surface area contributed by atoms with Gasteiger partial charge in [0.2, 0.25) is 0 Å². The van der Waals surface area contributed by atoms with Gasteiger partial charge in [-0.15, -0.1) is 0 Å². The Hall–Kier alpha value is -0.240. The van der Waals surface area contributed by atoms with Crippen LogP contribution in [0, 0.1) is 34.0 Å². The lowest BCUT2D eigenvalue weighted by Gasteiger charge is -2.39. The smallest absolute Gasteiger partial charge is 0.112 e. The van der Waals surface area contributed by atoms with Gasteiger partial charge in [0.1, 0.15) is 5.54 Å². The number of rotatable bonds is 6. The first-order valence-electron chi connectivity index (χ1n) is 8.48. The monoisotopic (exact) mass is 324 g/mol. The van der Waals surface area contributed by atoms with E-state index in [-0.39, 0.29) is 11.5 Å². The molecule has 0 heterocycles. The number of fused-ring (bicyclic) bond motifs is 2. The van der Waals surface area contributed by atoms with Crippen molar-refractivity contribution >= 4 is 11.9 Å². The summed E-state index contributed by atoms with van der Waals surface area (Å²) < 4.78 is 9.43. The summed E-state index contributed by atoms with van der Waals surface area (Å²) in [5.74, 6) is 1.16. The van der Waals surface area contributed by atoms with Gasteiger partial charge in [-0.25, -0.2) is 4.72 Å². The third-order valence-corrected chi connectivity index (χ3v) is 7.85. The fraction of sp³-hybridized carbons (Fsp3) is 0.944. The van der Waals surface area contributed by atoms with E-state index in [1.807, 2.05) is 14.0 Å². The maximum atomic E-state index is 9.56. The predicted molar refractivity (Wildman–Crippen MR) is 93.4 cm³/mol. The molecule has 3 unspecified atom stereocenters. The molecule has 0 aromatic heterocycles. The zero-order valence-electron chi connectivity index (χ0n) is 15.2. The van der Waals surface area contributed by atoms with Crippen LogP contribution in [0.2, 0.25) is 0 Å². The summed E-state index contributed by atoms with van der Waals surface area (Å²) in [6, 6.07) is 2.47. The minimum absolute atomic E-state index is 0.243. The first-order valence-corrected chi connectivity index (χ1v) is 9.36. The molecule has 0 aliphatic heterocycles. The van der Waals surface area contributed by atoms with Crippen LogP contribution >= 0.6 is 11.9 Å². The van der Waals surface area contributed by atoms with E-state index in [9.17, 15) is 5.26 Å². The Kier molecular flexibility index (Phi) is 4.94. The molecule has 0 aromatic carbocycles. The van der Waals surface area contributed by atoms with Gasteiger partial charge < -0.3 is 4.74 Å². The van der Waals surface area contributed by atoms with Crippen LogP contribution in [-0.4, -0.2) is 24.0 Å². The summed E-state index contributed by atoms with van der Waals surface area (Å²) in [5, 5.41) is 9.99. The number of hydrogen-bond donors (Lipinski definition) is 1. The van der Waals surface area contributed by atoms with Gasteiger partial charge in [-0.1, -0.05) is 46.6 Å². The predicted octanol–water partition coefficient (Wildman–Crippen LogP) is 4.39. The highest BCUT2D eigenvalue weighted by Gasteiger charge is 2.66. The van der Waals surface area contributed by atoms with Crippen LogP contribution in [0.25, 0.3) is 0 Å². The molecule has 126 valence electrons. The van der Waals surface area contributed by atoms with Crippen molar-refractivity contribution in [2.75, 3.05) is 7.11 Å². The standard InChI is InChI=1S/C18H32N2OS/c1-12(2)10-17(5,11-19)20-22-14-13-8-9-18(6,15(14)21-7)16(13,3)4/h12-15,20H,8-10H2,1-7H3/t13-,14?,15?,17?,18+/m1/s1. The lowest BCUT2D eigenvalue weighted by atomic mass is 9.70. The van der Waals surface area contributed by atoms with Crippen molar-refractivity contribution in [1.29, 1.82) is 5.26 Å². The molecule has 0 spiro atoms. The summed E-state index contributed by atoms with van der Waals surface area (Å²) >= 11 is 1.76.